The maximum absolute atomic E-state index is 13.1. The second-order valence-electron chi connectivity index (χ2n) is 8.53. The highest BCUT2D eigenvalue weighted by atomic mass is 32.2. The quantitative estimate of drug-likeness (QED) is 0.536. The molecule has 160 valence electrons. The Morgan fingerprint density at radius 2 is 1.77 bits per heavy atom. The third-order valence-corrected chi connectivity index (χ3v) is 7.87. The van der Waals surface area contributed by atoms with Crippen LogP contribution in [0.15, 0.2) is 61.1 Å². The van der Waals surface area contributed by atoms with Gasteiger partial charge in [0.1, 0.15) is 5.78 Å². The zero-order valence-corrected chi connectivity index (χ0v) is 18.5. The van der Waals surface area contributed by atoms with Gasteiger partial charge < -0.3 is 0 Å². The van der Waals surface area contributed by atoms with Crippen molar-refractivity contribution >= 4 is 15.6 Å². The normalized spacial score (nSPS) is 14.4. The molecule has 0 aromatic carbocycles. The number of ketones is 1. The summed E-state index contributed by atoms with van der Waals surface area (Å²) in [7, 11) is -3.16. The molecule has 0 saturated heterocycles. The largest absolute Gasteiger partial charge is 0.298 e. The number of carbonyl (C=O) groups is 1. The lowest BCUT2D eigenvalue weighted by Crippen LogP contribution is -2.32. The number of aromatic nitrogens is 3. The fourth-order valence-electron chi connectivity index (χ4n) is 3.42. The van der Waals surface area contributed by atoms with E-state index in [1.807, 2.05) is 38.1 Å². The summed E-state index contributed by atoms with van der Waals surface area (Å²) in [5, 5.41) is -0.228. The third kappa shape index (κ3) is 4.88. The van der Waals surface area contributed by atoms with Crippen molar-refractivity contribution in [1.29, 1.82) is 0 Å². The number of Topliss-reactive ketones (excluding diaryl/α,β-unsaturated/α-hetero) is 1. The minimum atomic E-state index is -3.16. The first-order valence-corrected chi connectivity index (χ1v) is 12.0. The van der Waals surface area contributed by atoms with Gasteiger partial charge in [-0.3, -0.25) is 19.7 Å². The molecule has 0 amide bonds. The lowest BCUT2D eigenvalue weighted by molar-refractivity contribution is -0.123. The summed E-state index contributed by atoms with van der Waals surface area (Å²) in [6.07, 6.45) is 6.88. The lowest BCUT2D eigenvalue weighted by atomic mass is 9.82. The monoisotopic (exact) mass is 435 g/mol. The molecule has 31 heavy (non-hydrogen) atoms. The molecule has 3 heterocycles. The Balaban J connectivity index is 1.48. The van der Waals surface area contributed by atoms with E-state index in [0.717, 1.165) is 24.0 Å². The molecular weight excluding hydrogens is 410 g/mol. The zero-order chi connectivity index (χ0) is 22.1. The summed E-state index contributed by atoms with van der Waals surface area (Å²) >= 11 is 0. The number of rotatable bonds is 8. The average Bonchev–Trinajstić information content (AvgIpc) is 3.61. The molecule has 1 fully saturated rings. The van der Waals surface area contributed by atoms with Crippen LogP contribution in [0.5, 0.6) is 0 Å². The van der Waals surface area contributed by atoms with Gasteiger partial charge in [0, 0.05) is 41.8 Å². The van der Waals surface area contributed by atoms with Crippen LogP contribution >= 0.6 is 0 Å². The summed E-state index contributed by atoms with van der Waals surface area (Å²) < 4.78 is 24.6. The molecule has 0 N–H and O–H groups in total. The minimum absolute atomic E-state index is 0.0242. The first kappa shape index (κ1) is 21.3. The molecule has 7 heteroatoms. The Kier molecular flexibility index (Phi) is 5.71. The number of hydrogen-bond acceptors (Lipinski definition) is 6. The van der Waals surface area contributed by atoms with Crippen LogP contribution in [0, 0.1) is 0 Å². The summed E-state index contributed by atoms with van der Waals surface area (Å²) in [6.45, 7) is 3.64. The highest BCUT2D eigenvalue weighted by molar-refractivity contribution is 7.91. The van der Waals surface area contributed by atoms with E-state index in [2.05, 4.69) is 15.0 Å². The van der Waals surface area contributed by atoms with Gasteiger partial charge in [-0.2, -0.15) is 0 Å². The number of carbonyl (C=O) groups excluding carboxylic acids is 1. The molecule has 1 aliphatic carbocycles. The minimum Gasteiger partial charge on any atom is -0.298 e. The van der Waals surface area contributed by atoms with E-state index < -0.39 is 15.3 Å². The topological polar surface area (TPSA) is 89.9 Å². The summed E-state index contributed by atoms with van der Waals surface area (Å²) in [4.78, 5) is 26.2. The molecule has 1 aliphatic rings. The van der Waals surface area contributed by atoms with Gasteiger partial charge in [-0.1, -0.05) is 18.2 Å². The molecule has 3 aromatic heterocycles. The molecule has 1 saturated carbocycles. The van der Waals surface area contributed by atoms with Crippen molar-refractivity contribution < 1.29 is 13.2 Å². The molecule has 6 nitrogen and oxygen atoms in total. The summed E-state index contributed by atoms with van der Waals surface area (Å²) in [5.74, 6) is -0.100. The maximum atomic E-state index is 13.1. The Labute approximate surface area is 182 Å². The number of sulfone groups is 1. The second kappa shape index (κ2) is 8.30. The standard InChI is InChI=1S/C24H25N3O3S/c1-24(2,22-7-3-6-20(27-22)16-31(29,30)21-10-11-21)23(28)13-19-9-8-18(15-26-19)17-5-4-12-25-14-17/h3-9,12,14-15,21H,10-11,13,16H2,1-2H3. The van der Waals surface area contributed by atoms with Crippen molar-refractivity contribution in [1.82, 2.24) is 15.0 Å². The third-order valence-electron chi connectivity index (χ3n) is 5.69. The Bertz CT molecular complexity index is 1190. The molecular formula is C24H25N3O3S. The van der Waals surface area contributed by atoms with Crippen LogP contribution in [0.3, 0.4) is 0 Å². The molecule has 0 unspecified atom stereocenters. The van der Waals surface area contributed by atoms with Gasteiger partial charge in [0.25, 0.3) is 0 Å². The van der Waals surface area contributed by atoms with Crippen LogP contribution in [0.4, 0.5) is 0 Å². The smallest absolute Gasteiger partial charge is 0.158 e. The average molecular weight is 436 g/mol. The van der Waals surface area contributed by atoms with Gasteiger partial charge in [0.05, 0.1) is 27.8 Å². The van der Waals surface area contributed by atoms with E-state index in [1.54, 1.807) is 36.8 Å². The fraction of sp³-hybridized carbons (Fsp3) is 0.333. The van der Waals surface area contributed by atoms with Crippen LogP contribution in [0.1, 0.15) is 43.8 Å². The van der Waals surface area contributed by atoms with E-state index in [-0.39, 0.29) is 23.2 Å². The first-order chi connectivity index (χ1) is 14.8. The molecule has 0 atom stereocenters. The number of nitrogens with zero attached hydrogens (tertiary/aromatic N) is 3. The van der Waals surface area contributed by atoms with Gasteiger partial charge in [-0.05, 0) is 51.0 Å². The summed E-state index contributed by atoms with van der Waals surface area (Å²) in [5.41, 5.74) is 2.80. The van der Waals surface area contributed by atoms with Crippen LogP contribution in [-0.2, 0) is 32.2 Å². The molecule has 0 bridgehead atoms. The predicted octanol–water partition coefficient (Wildman–Crippen LogP) is 3.71. The van der Waals surface area contributed by atoms with Crippen LogP contribution < -0.4 is 0 Å². The van der Waals surface area contributed by atoms with E-state index in [9.17, 15) is 13.2 Å². The van der Waals surface area contributed by atoms with Crippen molar-refractivity contribution in [2.45, 2.75) is 49.5 Å². The van der Waals surface area contributed by atoms with E-state index in [1.165, 1.54) is 0 Å². The van der Waals surface area contributed by atoms with E-state index in [0.29, 0.717) is 17.1 Å². The first-order valence-electron chi connectivity index (χ1n) is 10.3. The fourth-order valence-corrected chi connectivity index (χ4v) is 5.08. The lowest BCUT2D eigenvalue weighted by Gasteiger charge is -2.23. The van der Waals surface area contributed by atoms with Crippen molar-refractivity contribution in [3.05, 3.63) is 78.1 Å². The van der Waals surface area contributed by atoms with Crippen molar-refractivity contribution in [2.24, 2.45) is 0 Å². The van der Waals surface area contributed by atoms with Crippen LogP contribution in [0.25, 0.3) is 11.1 Å². The zero-order valence-electron chi connectivity index (χ0n) is 17.7. The Hall–Kier alpha value is -2.93. The molecule has 0 radical (unpaired) electrons. The van der Waals surface area contributed by atoms with Crippen molar-refractivity contribution in [2.75, 3.05) is 0 Å². The number of pyridine rings is 3. The highest BCUT2D eigenvalue weighted by Gasteiger charge is 2.36. The Morgan fingerprint density at radius 3 is 2.42 bits per heavy atom. The van der Waals surface area contributed by atoms with E-state index in [4.69, 9.17) is 0 Å². The van der Waals surface area contributed by atoms with Gasteiger partial charge in [0.15, 0.2) is 9.84 Å². The highest BCUT2D eigenvalue weighted by Crippen LogP contribution is 2.31. The molecule has 0 spiro atoms. The second-order valence-corrected chi connectivity index (χ2v) is 10.8. The molecule has 3 aromatic rings. The van der Waals surface area contributed by atoms with Crippen molar-refractivity contribution in [3.8, 4) is 11.1 Å². The van der Waals surface area contributed by atoms with Crippen LogP contribution in [0.2, 0.25) is 0 Å². The Morgan fingerprint density at radius 1 is 1.00 bits per heavy atom. The number of hydrogen-bond donors (Lipinski definition) is 0. The predicted molar refractivity (Wildman–Crippen MR) is 119 cm³/mol. The van der Waals surface area contributed by atoms with Gasteiger partial charge in [-0.15, -0.1) is 0 Å². The molecule has 0 aliphatic heterocycles. The van der Waals surface area contributed by atoms with Gasteiger partial charge >= 0.3 is 0 Å². The SMILES string of the molecule is CC(C)(C(=O)Cc1ccc(-c2cccnc2)cn1)c1cccc(CS(=O)(=O)C2CC2)n1. The van der Waals surface area contributed by atoms with E-state index >= 15 is 0 Å². The van der Waals surface area contributed by atoms with Crippen molar-refractivity contribution in [3.63, 3.8) is 0 Å². The summed E-state index contributed by atoms with van der Waals surface area (Å²) in [6, 6.07) is 12.9. The van der Waals surface area contributed by atoms with Gasteiger partial charge in [-0.25, -0.2) is 8.42 Å². The molecule has 4 rings (SSSR count). The van der Waals surface area contributed by atoms with Crippen LogP contribution in [-0.4, -0.2) is 34.4 Å². The maximum Gasteiger partial charge on any atom is 0.158 e. The van der Waals surface area contributed by atoms with Gasteiger partial charge in [0.2, 0.25) is 0 Å².